The second-order valence-electron chi connectivity index (χ2n) is 5.00. The SMILES string of the molecule is Cc1ccc(C)c(OCC(CCN)c2cc[nH]c2)c1. The monoisotopic (exact) mass is 258 g/mol. The molecule has 19 heavy (non-hydrogen) atoms. The van der Waals surface area contributed by atoms with Gasteiger partial charge >= 0.3 is 0 Å². The molecule has 1 heterocycles. The molecule has 102 valence electrons. The van der Waals surface area contributed by atoms with Crippen molar-refractivity contribution in [3.8, 4) is 5.75 Å². The van der Waals surface area contributed by atoms with Gasteiger partial charge in [-0.25, -0.2) is 0 Å². The van der Waals surface area contributed by atoms with Gasteiger partial charge in [-0.1, -0.05) is 12.1 Å². The maximum absolute atomic E-state index is 5.99. The van der Waals surface area contributed by atoms with Gasteiger partial charge in [0.25, 0.3) is 0 Å². The van der Waals surface area contributed by atoms with E-state index in [-0.39, 0.29) is 0 Å². The minimum Gasteiger partial charge on any atom is -0.493 e. The van der Waals surface area contributed by atoms with Crippen LogP contribution < -0.4 is 10.5 Å². The Morgan fingerprint density at radius 1 is 1.26 bits per heavy atom. The highest BCUT2D eigenvalue weighted by Crippen LogP contribution is 2.24. The topological polar surface area (TPSA) is 51.0 Å². The van der Waals surface area contributed by atoms with Gasteiger partial charge in [0, 0.05) is 18.3 Å². The number of aromatic nitrogens is 1. The van der Waals surface area contributed by atoms with Gasteiger partial charge in [0.2, 0.25) is 0 Å². The molecule has 0 aliphatic heterocycles. The fourth-order valence-electron chi connectivity index (χ4n) is 2.19. The Labute approximate surface area is 114 Å². The van der Waals surface area contributed by atoms with Crippen molar-refractivity contribution in [2.45, 2.75) is 26.2 Å². The van der Waals surface area contributed by atoms with E-state index < -0.39 is 0 Å². The summed E-state index contributed by atoms with van der Waals surface area (Å²) in [7, 11) is 0. The lowest BCUT2D eigenvalue weighted by Crippen LogP contribution is -2.14. The van der Waals surface area contributed by atoms with E-state index in [4.69, 9.17) is 10.5 Å². The zero-order valence-electron chi connectivity index (χ0n) is 11.6. The van der Waals surface area contributed by atoms with Crippen LogP contribution in [0, 0.1) is 13.8 Å². The van der Waals surface area contributed by atoms with Crippen LogP contribution in [0.15, 0.2) is 36.7 Å². The molecule has 2 rings (SSSR count). The average Bonchev–Trinajstić information content (AvgIpc) is 2.92. The Balaban J connectivity index is 2.04. The Kier molecular flexibility index (Phi) is 4.63. The Hall–Kier alpha value is -1.74. The Morgan fingerprint density at radius 3 is 2.79 bits per heavy atom. The van der Waals surface area contributed by atoms with E-state index >= 15 is 0 Å². The number of hydrogen-bond acceptors (Lipinski definition) is 2. The van der Waals surface area contributed by atoms with Crippen molar-refractivity contribution in [2.75, 3.05) is 13.2 Å². The van der Waals surface area contributed by atoms with Crippen LogP contribution in [-0.2, 0) is 0 Å². The smallest absolute Gasteiger partial charge is 0.122 e. The standard InChI is InChI=1S/C16H22N2O/c1-12-3-4-13(2)16(9-12)19-11-15(5-7-17)14-6-8-18-10-14/h3-4,6,8-10,15,18H,5,7,11,17H2,1-2H3. The molecule has 3 nitrogen and oxygen atoms in total. The van der Waals surface area contributed by atoms with Crippen molar-refractivity contribution in [2.24, 2.45) is 5.73 Å². The van der Waals surface area contributed by atoms with E-state index in [1.807, 2.05) is 12.4 Å². The highest BCUT2D eigenvalue weighted by atomic mass is 16.5. The second-order valence-corrected chi connectivity index (χ2v) is 5.00. The van der Waals surface area contributed by atoms with Crippen molar-refractivity contribution >= 4 is 0 Å². The van der Waals surface area contributed by atoms with Crippen LogP contribution in [0.3, 0.4) is 0 Å². The average molecular weight is 258 g/mol. The molecule has 1 unspecified atom stereocenters. The first-order valence-corrected chi connectivity index (χ1v) is 6.73. The molecular formula is C16H22N2O. The largest absolute Gasteiger partial charge is 0.493 e. The predicted molar refractivity (Wildman–Crippen MR) is 78.6 cm³/mol. The highest BCUT2D eigenvalue weighted by molar-refractivity contribution is 5.36. The van der Waals surface area contributed by atoms with E-state index in [0.717, 1.165) is 12.2 Å². The van der Waals surface area contributed by atoms with Gasteiger partial charge in [-0.3, -0.25) is 0 Å². The van der Waals surface area contributed by atoms with E-state index in [1.54, 1.807) is 0 Å². The summed E-state index contributed by atoms with van der Waals surface area (Å²) in [5.74, 6) is 1.31. The summed E-state index contributed by atoms with van der Waals surface area (Å²) >= 11 is 0. The zero-order chi connectivity index (χ0) is 13.7. The quantitative estimate of drug-likeness (QED) is 0.836. The van der Waals surface area contributed by atoms with Crippen LogP contribution in [-0.4, -0.2) is 18.1 Å². The molecule has 0 fully saturated rings. The van der Waals surface area contributed by atoms with Crippen LogP contribution in [0.2, 0.25) is 0 Å². The van der Waals surface area contributed by atoms with E-state index in [2.05, 4.69) is 43.1 Å². The molecule has 0 bridgehead atoms. The van der Waals surface area contributed by atoms with E-state index in [9.17, 15) is 0 Å². The third-order valence-electron chi connectivity index (χ3n) is 3.39. The van der Waals surface area contributed by atoms with E-state index in [1.165, 1.54) is 16.7 Å². The summed E-state index contributed by atoms with van der Waals surface area (Å²) in [5.41, 5.74) is 9.35. The maximum Gasteiger partial charge on any atom is 0.122 e. The molecule has 3 heteroatoms. The van der Waals surface area contributed by atoms with Gasteiger partial charge in [-0.15, -0.1) is 0 Å². The van der Waals surface area contributed by atoms with Crippen molar-refractivity contribution in [3.05, 3.63) is 53.3 Å². The lowest BCUT2D eigenvalue weighted by atomic mass is 9.99. The first kappa shape index (κ1) is 13.7. The van der Waals surface area contributed by atoms with Crippen molar-refractivity contribution in [1.29, 1.82) is 0 Å². The molecule has 0 aliphatic carbocycles. The summed E-state index contributed by atoms with van der Waals surface area (Å²) < 4.78 is 5.99. The minimum atomic E-state index is 0.344. The normalized spacial score (nSPS) is 12.4. The van der Waals surface area contributed by atoms with Gasteiger partial charge in [-0.05, 0) is 55.6 Å². The predicted octanol–water partition coefficient (Wildman–Crippen LogP) is 3.14. The number of H-pyrrole nitrogens is 1. The Morgan fingerprint density at radius 2 is 2.11 bits per heavy atom. The van der Waals surface area contributed by atoms with Gasteiger partial charge in [0.1, 0.15) is 5.75 Å². The van der Waals surface area contributed by atoms with Crippen molar-refractivity contribution in [3.63, 3.8) is 0 Å². The molecule has 1 aromatic heterocycles. The van der Waals surface area contributed by atoms with Gasteiger partial charge in [-0.2, -0.15) is 0 Å². The minimum absolute atomic E-state index is 0.344. The van der Waals surface area contributed by atoms with Crippen molar-refractivity contribution < 1.29 is 4.74 Å². The first-order valence-electron chi connectivity index (χ1n) is 6.73. The van der Waals surface area contributed by atoms with Crippen molar-refractivity contribution in [1.82, 2.24) is 4.98 Å². The number of nitrogens with two attached hydrogens (primary N) is 1. The number of ether oxygens (including phenoxy) is 1. The second kappa shape index (κ2) is 6.43. The van der Waals surface area contributed by atoms with Gasteiger partial charge in [0.15, 0.2) is 0 Å². The molecule has 2 aromatic rings. The fraction of sp³-hybridized carbons (Fsp3) is 0.375. The first-order chi connectivity index (χ1) is 9.20. The summed E-state index contributed by atoms with van der Waals surface area (Å²) in [6.45, 7) is 5.49. The number of benzene rings is 1. The molecular weight excluding hydrogens is 236 g/mol. The molecule has 0 aliphatic rings. The van der Waals surface area contributed by atoms with Gasteiger partial charge < -0.3 is 15.5 Å². The lowest BCUT2D eigenvalue weighted by molar-refractivity contribution is 0.281. The summed E-state index contributed by atoms with van der Waals surface area (Å²) in [6.07, 6.45) is 4.90. The summed E-state index contributed by atoms with van der Waals surface area (Å²) in [5, 5.41) is 0. The van der Waals surface area contributed by atoms with Crippen LogP contribution >= 0.6 is 0 Å². The Bertz CT molecular complexity index is 505. The van der Waals surface area contributed by atoms with E-state index in [0.29, 0.717) is 19.1 Å². The number of hydrogen-bond donors (Lipinski definition) is 2. The molecule has 1 aromatic carbocycles. The fourth-order valence-corrected chi connectivity index (χ4v) is 2.19. The molecule has 0 radical (unpaired) electrons. The van der Waals surface area contributed by atoms with Crippen LogP contribution in [0.5, 0.6) is 5.75 Å². The molecule has 0 spiro atoms. The van der Waals surface area contributed by atoms with Crippen LogP contribution in [0.25, 0.3) is 0 Å². The summed E-state index contributed by atoms with van der Waals surface area (Å²) in [6, 6.07) is 8.38. The summed E-state index contributed by atoms with van der Waals surface area (Å²) in [4.78, 5) is 3.09. The molecule has 0 saturated heterocycles. The number of rotatable bonds is 6. The molecule has 1 atom stereocenters. The third kappa shape index (κ3) is 3.61. The van der Waals surface area contributed by atoms with Crippen LogP contribution in [0.1, 0.15) is 29.0 Å². The lowest BCUT2D eigenvalue weighted by Gasteiger charge is -2.17. The number of aryl methyl sites for hydroxylation is 2. The molecule has 0 saturated carbocycles. The third-order valence-corrected chi connectivity index (χ3v) is 3.39. The number of aromatic amines is 1. The highest BCUT2D eigenvalue weighted by Gasteiger charge is 2.13. The maximum atomic E-state index is 5.99. The van der Waals surface area contributed by atoms with Gasteiger partial charge in [0.05, 0.1) is 6.61 Å². The molecule has 3 N–H and O–H groups in total. The zero-order valence-corrected chi connectivity index (χ0v) is 11.6. The number of nitrogens with one attached hydrogen (secondary N) is 1. The molecule has 0 amide bonds. The van der Waals surface area contributed by atoms with Crippen LogP contribution in [0.4, 0.5) is 0 Å².